The van der Waals surface area contributed by atoms with Crippen molar-refractivity contribution in [3.8, 4) is 5.75 Å². The van der Waals surface area contributed by atoms with E-state index in [1.165, 1.54) is 24.0 Å². The van der Waals surface area contributed by atoms with E-state index in [1.807, 2.05) is 24.3 Å². The zero-order valence-electron chi connectivity index (χ0n) is 16.0. The van der Waals surface area contributed by atoms with Crippen LogP contribution in [-0.4, -0.2) is 24.3 Å². The molecule has 0 unspecified atom stereocenters. The third-order valence-corrected chi connectivity index (χ3v) is 6.44. The van der Waals surface area contributed by atoms with Crippen molar-refractivity contribution in [1.82, 2.24) is 5.32 Å². The largest absolute Gasteiger partial charge is 0.481 e. The molecule has 0 saturated heterocycles. The molecule has 0 fully saturated rings. The van der Waals surface area contributed by atoms with Gasteiger partial charge in [0.2, 0.25) is 0 Å². The van der Waals surface area contributed by atoms with Gasteiger partial charge in [0.05, 0.1) is 0 Å². The Morgan fingerprint density at radius 3 is 2.86 bits per heavy atom. The van der Waals surface area contributed by atoms with Crippen molar-refractivity contribution in [2.75, 3.05) is 12.3 Å². The molecule has 0 aliphatic heterocycles. The minimum Gasteiger partial charge on any atom is -0.481 e. The fourth-order valence-corrected chi connectivity index (χ4v) is 4.73. The standard InChI is InChI=1S/C22H25Cl2NO2S/c1-15(27-21-8-4-6-16-5-2-3-7-19(16)21)22(26)25-11-12-28-14-17-9-10-18(23)13-20(17)24/h4,6,8-10,13,15H,2-3,5,7,11-12,14H2,1H3,(H,25,26)/t15-/m1/s1. The van der Waals surface area contributed by atoms with Gasteiger partial charge >= 0.3 is 0 Å². The predicted octanol–water partition coefficient (Wildman–Crippen LogP) is 5.69. The molecular formula is C22H25Cl2NO2S. The molecule has 28 heavy (non-hydrogen) atoms. The molecule has 1 aliphatic carbocycles. The Morgan fingerprint density at radius 2 is 2.04 bits per heavy atom. The van der Waals surface area contributed by atoms with E-state index in [0.717, 1.165) is 35.7 Å². The van der Waals surface area contributed by atoms with Crippen LogP contribution in [0, 0.1) is 0 Å². The first kappa shape index (κ1) is 21.4. The summed E-state index contributed by atoms with van der Waals surface area (Å²) in [6.07, 6.45) is 4.03. The van der Waals surface area contributed by atoms with E-state index in [2.05, 4.69) is 11.4 Å². The van der Waals surface area contributed by atoms with Crippen LogP contribution in [0.3, 0.4) is 0 Å². The molecular weight excluding hydrogens is 413 g/mol. The van der Waals surface area contributed by atoms with Gasteiger partial charge in [-0.2, -0.15) is 11.8 Å². The summed E-state index contributed by atoms with van der Waals surface area (Å²) in [4.78, 5) is 12.4. The highest BCUT2D eigenvalue weighted by atomic mass is 35.5. The summed E-state index contributed by atoms with van der Waals surface area (Å²) in [5.41, 5.74) is 3.67. The molecule has 3 rings (SSSR count). The van der Waals surface area contributed by atoms with Crippen molar-refractivity contribution in [2.24, 2.45) is 0 Å². The number of amides is 1. The molecule has 0 radical (unpaired) electrons. The van der Waals surface area contributed by atoms with Crippen LogP contribution < -0.4 is 10.1 Å². The molecule has 0 bridgehead atoms. The first-order valence-electron chi connectivity index (χ1n) is 9.61. The average Bonchev–Trinajstić information content (AvgIpc) is 2.69. The number of hydrogen-bond acceptors (Lipinski definition) is 3. The Balaban J connectivity index is 1.41. The zero-order chi connectivity index (χ0) is 19.9. The number of aryl methyl sites for hydroxylation is 1. The van der Waals surface area contributed by atoms with Gasteiger partial charge in [-0.15, -0.1) is 0 Å². The molecule has 0 heterocycles. The first-order valence-corrected chi connectivity index (χ1v) is 11.5. The Morgan fingerprint density at radius 1 is 1.21 bits per heavy atom. The normalized spacial score (nSPS) is 14.2. The zero-order valence-corrected chi connectivity index (χ0v) is 18.3. The third kappa shape index (κ3) is 5.82. The van der Waals surface area contributed by atoms with Crippen LogP contribution in [0.1, 0.15) is 36.5 Å². The van der Waals surface area contributed by atoms with Crippen molar-refractivity contribution in [3.05, 3.63) is 63.1 Å². The van der Waals surface area contributed by atoms with E-state index in [-0.39, 0.29) is 5.91 Å². The number of ether oxygens (including phenoxy) is 1. The van der Waals surface area contributed by atoms with Crippen molar-refractivity contribution in [1.29, 1.82) is 0 Å². The number of carbonyl (C=O) groups is 1. The smallest absolute Gasteiger partial charge is 0.260 e. The molecule has 2 aromatic rings. The van der Waals surface area contributed by atoms with Crippen molar-refractivity contribution >= 4 is 40.9 Å². The maximum Gasteiger partial charge on any atom is 0.260 e. The topological polar surface area (TPSA) is 38.3 Å². The van der Waals surface area contributed by atoms with E-state index in [1.54, 1.807) is 24.8 Å². The molecule has 1 N–H and O–H groups in total. The van der Waals surface area contributed by atoms with Crippen LogP contribution >= 0.6 is 35.0 Å². The van der Waals surface area contributed by atoms with Crippen LogP contribution in [0.25, 0.3) is 0 Å². The lowest BCUT2D eigenvalue weighted by Crippen LogP contribution is -2.37. The second kappa shape index (κ2) is 10.4. The van der Waals surface area contributed by atoms with E-state index in [0.29, 0.717) is 16.6 Å². The number of thioether (sulfide) groups is 1. The first-order chi connectivity index (χ1) is 13.5. The average molecular weight is 438 g/mol. The maximum absolute atomic E-state index is 12.4. The van der Waals surface area contributed by atoms with Gasteiger partial charge in [-0.25, -0.2) is 0 Å². The lowest BCUT2D eigenvalue weighted by Gasteiger charge is -2.22. The molecule has 0 saturated carbocycles. The minimum absolute atomic E-state index is 0.0847. The van der Waals surface area contributed by atoms with Gasteiger partial charge in [0.15, 0.2) is 6.10 Å². The number of carbonyl (C=O) groups excluding carboxylic acids is 1. The molecule has 150 valence electrons. The molecule has 1 amide bonds. The number of hydrogen-bond donors (Lipinski definition) is 1. The van der Waals surface area contributed by atoms with Gasteiger partial charge in [0.1, 0.15) is 5.75 Å². The van der Waals surface area contributed by atoms with E-state index in [4.69, 9.17) is 27.9 Å². The van der Waals surface area contributed by atoms with E-state index < -0.39 is 6.10 Å². The number of fused-ring (bicyclic) bond motifs is 1. The van der Waals surface area contributed by atoms with Gasteiger partial charge in [0.25, 0.3) is 5.91 Å². The van der Waals surface area contributed by atoms with Crippen LogP contribution in [0.5, 0.6) is 5.75 Å². The van der Waals surface area contributed by atoms with Gasteiger partial charge in [-0.3, -0.25) is 4.79 Å². The van der Waals surface area contributed by atoms with Gasteiger partial charge in [-0.05, 0) is 67.5 Å². The SMILES string of the molecule is C[C@@H](Oc1cccc2c1CCCC2)C(=O)NCCSCc1ccc(Cl)cc1Cl. The minimum atomic E-state index is -0.510. The fraction of sp³-hybridized carbons (Fsp3) is 0.409. The number of nitrogens with one attached hydrogen (secondary N) is 1. The number of halogens is 2. The predicted molar refractivity (Wildman–Crippen MR) is 119 cm³/mol. The molecule has 3 nitrogen and oxygen atoms in total. The Bertz CT molecular complexity index is 828. The summed E-state index contributed by atoms with van der Waals surface area (Å²) in [7, 11) is 0. The Labute approximate surface area is 181 Å². The summed E-state index contributed by atoms with van der Waals surface area (Å²) in [6.45, 7) is 2.40. The van der Waals surface area contributed by atoms with Crippen molar-refractivity contribution < 1.29 is 9.53 Å². The summed E-state index contributed by atoms with van der Waals surface area (Å²) < 4.78 is 5.98. The molecule has 2 aromatic carbocycles. The van der Waals surface area contributed by atoms with Gasteiger partial charge in [-0.1, -0.05) is 41.4 Å². The highest BCUT2D eigenvalue weighted by Crippen LogP contribution is 2.30. The summed E-state index contributed by atoms with van der Waals surface area (Å²) in [5, 5.41) is 4.27. The molecule has 6 heteroatoms. The third-order valence-electron chi connectivity index (χ3n) is 4.84. The molecule has 1 atom stereocenters. The highest BCUT2D eigenvalue weighted by Gasteiger charge is 2.19. The Kier molecular flexibility index (Phi) is 7.95. The molecule has 1 aliphatic rings. The second-order valence-electron chi connectivity index (χ2n) is 6.94. The van der Waals surface area contributed by atoms with Gasteiger partial charge < -0.3 is 10.1 Å². The van der Waals surface area contributed by atoms with Crippen molar-refractivity contribution in [2.45, 2.75) is 44.5 Å². The van der Waals surface area contributed by atoms with Gasteiger partial charge in [0, 0.05) is 28.1 Å². The van der Waals surface area contributed by atoms with Crippen LogP contribution in [0.4, 0.5) is 0 Å². The maximum atomic E-state index is 12.4. The van der Waals surface area contributed by atoms with E-state index >= 15 is 0 Å². The summed E-state index contributed by atoms with van der Waals surface area (Å²) in [5.74, 6) is 2.36. The van der Waals surface area contributed by atoms with Crippen LogP contribution in [0.15, 0.2) is 36.4 Å². The number of benzene rings is 2. The second-order valence-corrected chi connectivity index (χ2v) is 8.89. The van der Waals surface area contributed by atoms with Crippen LogP contribution in [-0.2, 0) is 23.4 Å². The number of rotatable bonds is 8. The summed E-state index contributed by atoms with van der Waals surface area (Å²) in [6, 6.07) is 11.7. The fourth-order valence-electron chi connectivity index (χ4n) is 3.31. The monoisotopic (exact) mass is 437 g/mol. The Hall–Kier alpha value is -1.36. The quantitative estimate of drug-likeness (QED) is 0.538. The lowest BCUT2D eigenvalue weighted by molar-refractivity contribution is -0.127. The molecule has 0 spiro atoms. The van der Waals surface area contributed by atoms with E-state index in [9.17, 15) is 4.79 Å². The highest BCUT2D eigenvalue weighted by molar-refractivity contribution is 7.98. The molecule has 0 aromatic heterocycles. The lowest BCUT2D eigenvalue weighted by atomic mass is 9.91. The van der Waals surface area contributed by atoms with Crippen LogP contribution in [0.2, 0.25) is 10.0 Å². The van der Waals surface area contributed by atoms with Crippen molar-refractivity contribution in [3.63, 3.8) is 0 Å². The summed E-state index contributed by atoms with van der Waals surface area (Å²) >= 11 is 13.8.